The van der Waals surface area contributed by atoms with Gasteiger partial charge >= 0.3 is 5.97 Å². The number of hydrogen-bond acceptors (Lipinski definition) is 2. The molecule has 0 atom stereocenters. The van der Waals surface area contributed by atoms with Crippen molar-refractivity contribution in [2.75, 3.05) is 5.32 Å². The number of halogens is 2. The van der Waals surface area contributed by atoms with E-state index in [9.17, 15) is 9.59 Å². The monoisotopic (exact) mass is 303 g/mol. The summed E-state index contributed by atoms with van der Waals surface area (Å²) >= 11 is 9.02. The van der Waals surface area contributed by atoms with E-state index in [1.165, 1.54) is 0 Å². The van der Waals surface area contributed by atoms with Crippen LogP contribution in [0.3, 0.4) is 0 Å². The van der Waals surface area contributed by atoms with E-state index < -0.39 is 11.9 Å². The minimum absolute atomic E-state index is 0.458. The van der Waals surface area contributed by atoms with Gasteiger partial charge in [-0.1, -0.05) is 11.6 Å². The van der Waals surface area contributed by atoms with Crippen LogP contribution in [0.15, 0.2) is 34.8 Å². The molecule has 0 aliphatic carbocycles. The zero-order chi connectivity index (χ0) is 12.1. The van der Waals surface area contributed by atoms with Gasteiger partial charge in [0.2, 0.25) is 5.91 Å². The molecule has 0 bridgehead atoms. The van der Waals surface area contributed by atoms with Crippen LogP contribution in [0.5, 0.6) is 0 Å². The molecule has 1 rings (SSSR count). The van der Waals surface area contributed by atoms with Crippen molar-refractivity contribution in [2.24, 2.45) is 0 Å². The number of aliphatic carboxylic acids is 1. The summed E-state index contributed by atoms with van der Waals surface area (Å²) in [7, 11) is 0. The maximum Gasteiger partial charge on any atom is 0.328 e. The molecule has 4 nitrogen and oxygen atoms in total. The van der Waals surface area contributed by atoms with E-state index in [0.717, 1.165) is 12.2 Å². The second-order valence-electron chi connectivity index (χ2n) is 2.79. The predicted molar refractivity (Wildman–Crippen MR) is 64.6 cm³/mol. The first-order chi connectivity index (χ1) is 7.49. The van der Waals surface area contributed by atoms with Gasteiger partial charge in [-0.2, -0.15) is 0 Å². The number of anilines is 1. The first kappa shape index (κ1) is 12.7. The molecule has 0 saturated heterocycles. The summed E-state index contributed by atoms with van der Waals surface area (Å²) in [6, 6.07) is 4.87. The van der Waals surface area contributed by atoms with E-state index >= 15 is 0 Å². The van der Waals surface area contributed by atoms with Gasteiger partial charge in [-0.3, -0.25) is 4.79 Å². The number of amides is 1. The summed E-state index contributed by atoms with van der Waals surface area (Å²) in [5.74, 6) is -1.70. The molecule has 16 heavy (non-hydrogen) atoms. The van der Waals surface area contributed by atoms with Gasteiger partial charge in [0.1, 0.15) is 0 Å². The Hall–Kier alpha value is -1.33. The first-order valence-corrected chi connectivity index (χ1v) is 5.33. The Morgan fingerprint density at radius 1 is 1.38 bits per heavy atom. The van der Waals surface area contributed by atoms with Crippen molar-refractivity contribution >= 4 is 45.1 Å². The molecule has 2 N–H and O–H groups in total. The van der Waals surface area contributed by atoms with E-state index in [0.29, 0.717) is 15.2 Å². The minimum Gasteiger partial charge on any atom is -0.478 e. The van der Waals surface area contributed by atoms with Crippen LogP contribution in [0.4, 0.5) is 5.69 Å². The average Bonchev–Trinajstić information content (AvgIpc) is 2.21. The van der Waals surface area contributed by atoms with Gasteiger partial charge < -0.3 is 10.4 Å². The Kier molecular flexibility index (Phi) is 4.52. The van der Waals surface area contributed by atoms with Crippen LogP contribution in [0.25, 0.3) is 0 Å². The molecular weight excluding hydrogens is 297 g/mol. The molecule has 0 radical (unpaired) electrons. The van der Waals surface area contributed by atoms with E-state index in [1.807, 2.05) is 0 Å². The third kappa shape index (κ3) is 4.04. The van der Waals surface area contributed by atoms with Crippen molar-refractivity contribution in [1.82, 2.24) is 0 Å². The van der Waals surface area contributed by atoms with Crippen LogP contribution < -0.4 is 5.32 Å². The second kappa shape index (κ2) is 5.67. The van der Waals surface area contributed by atoms with Crippen LogP contribution in [0.1, 0.15) is 0 Å². The summed E-state index contributed by atoms with van der Waals surface area (Å²) in [6.45, 7) is 0. The Morgan fingerprint density at radius 2 is 2.06 bits per heavy atom. The van der Waals surface area contributed by atoms with Crippen LogP contribution in [0, 0.1) is 0 Å². The third-order valence-electron chi connectivity index (χ3n) is 1.56. The maximum atomic E-state index is 11.2. The smallest absolute Gasteiger partial charge is 0.328 e. The second-order valence-corrected chi connectivity index (χ2v) is 4.05. The number of hydrogen-bond donors (Lipinski definition) is 2. The van der Waals surface area contributed by atoms with Crippen molar-refractivity contribution in [1.29, 1.82) is 0 Å². The molecule has 0 heterocycles. The maximum absolute atomic E-state index is 11.2. The molecule has 0 saturated carbocycles. The van der Waals surface area contributed by atoms with Crippen molar-refractivity contribution in [2.45, 2.75) is 0 Å². The topological polar surface area (TPSA) is 66.4 Å². The van der Waals surface area contributed by atoms with Gasteiger partial charge in [0.15, 0.2) is 0 Å². The Labute approximate surface area is 105 Å². The number of nitrogens with one attached hydrogen (secondary N) is 1. The van der Waals surface area contributed by atoms with Gasteiger partial charge in [-0.05, 0) is 34.1 Å². The Bertz CT molecular complexity index is 459. The van der Waals surface area contributed by atoms with E-state index in [4.69, 9.17) is 16.7 Å². The van der Waals surface area contributed by atoms with Crippen LogP contribution in [0.2, 0.25) is 5.02 Å². The fourth-order valence-electron chi connectivity index (χ4n) is 0.905. The fourth-order valence-corrected chi connectivity index (χ4v) is 1.33. The highest BCUT2D eigenvalue weighted by Crippen LogP contribution is 2.25. The lowest BCUT2D eigenvalue weighted by Crippen LogP contribution is -2.08. The summed E-state index contributed by atoms with van der Waals surface area (Å²) in [4.78, 5) is 21.4. The summed E-state index contributed by atoms with van der Waals surface area (Å²) in [5.41, 5.74) is 0.494. The highest BCUT2D eigenvalue weighted by molar-refractivity contribution is 9.10. The number of benzene rings is 1. The van der Waals surface area contributed by atoms with Crippen LogP contribution >= 0.6 is 27.5 Å². The van der Waals surface area contributed by atoms with E-state index in [2.05, 4.69) is 21.2 Å². The lowest BCUT2D eigenvalue weighted by Gasteiger charge is -2.03. The lowest BCUT2D eigenvalue weighted by molar-refractivity contribution is -0.131. The van der Waals surface area contributed by atoms with Gasteiger partial charge in [0.25, 0.3) is 0 Å². The van der Waals surface area contributed by atoms with Crippen molar-refractivity contribution in [3.63, 3.8) is 0 Å². The average molecular weight is 305 g/mol. The number of carbonyl (C=O) groups is 2. The molecular formula is C10H7BrClNO3. The Balaban J connectivity index is 2.70. The normalized spacial score (nSPS) is 10.4. The van der Waals surface area contributed by atoms with Crippen LogP contribution in [-0.4, -0.2) is 17.0 Å². The summed E-state index contributed by atoms with van der Waals surface area (Å²) in [5, 5.41) is 11.2. The summed E-state index contributed by atoms with van der Waals surface area (Å²) in [6.07, 6.45) is 1.69. The van der Waals surface area contributed by atoms with E-state index in [1.54, 1.807) is 18.2 Å². The largest absolute Gasteiger partial charge is 0.478 e. The van der Waals surface area contributed by atoms with Crippen molar-refractivity contribution in [3.05, 3.63) is 39.8 Å². The van der Waals surface area contributed by atoms with Gasteiger partial charge in [-0.25, -0.2) is 4.79 Å². The molecule has 0 fully saturated rings. The highest BCUT2D eigenvalue weighted by Gasteiger charge is 2.01. The van der Waals surface area contributed by atoms with Crippen molar-refractivity contribution < 1.29 is 14.7 Å². The number of carbonyl (C=O) groups excluding carboxylic acids is 1. The van der Waals surface area contributed by atoms with E-state index in [-0.39, 0.29) is 0 Å². The molecule has 0 spiro atoms. The Morgan fingerprint density at radius 3 is 2.62 bits per heavy atom. The minimum atomic E-state index is -1.18. The summed E-state index contributed by atoms with van der Waals surface area (Å²) < 4.78 is 0.716. The molecule has 0 aromatic heterocycles. The number of carboxylic acid groups (broad SMARTS) is 1. The quantitative estimate of drug-likeness (QED) is 0.844. The van der Waals surface area contributed by atoms with Crippen LogP contribution in [-0.2, 0) is 9.59 Å². The molecule has 0 aliphatic rings. The SMILES string of the molecule is O=C(O)/C=C\C(=O)Nc1ccc(Br)c(Cl)c1. The molecule has 1 aromatic rings. The fraction of sp³-hybridized carbons (Fsp3) is 0. The molecule has 1 aromatic carbocycles. The molecule has 6 heteroatoms. The van der Waals surface area contributed by atoms with Gasteiger partial charge in [-0.15, -0.1) is 0 Å². The highest BCUT2D eigenvalue weighted by atomic mass is 79.9. The molecule has 0 unspecified atom stereocenters. The first-order valence-electron chi connectivity index (χ1n) is 4.16. The van der Waals surface area contributed by atoms with Gasteiger partial charge in [0, 0.05) is 22.3 Å². The zero-order valence-electron chi connectivity index (χ0n) is 7.91. The standard InChI is InChI=1S/C10H7BrClNO3/c11-7-2-1-6(5-8(7)12)13-9(14)3-4-10(15)16/h1-5H,(H,13,14)(H,15,16)/b4-3-. The lowest BCUT2D eigenvalue weighted by atomic mass is 10.3. The zero-order valence-corrected chi connectivity index (χ0v) is 10.2. The van der Waals surface area contributed by atoms with Crippen molar-refractivity contribution in [3.8, 4) is 0 Å². The molecule has 84 valence electrons. The molecule has 1 amide bonds. The predicted octanol–water partition coefficient (Wildman–Crippen LogP) is 2.68. The van der Waals surface area contributed by atoms with Gasteiger partial charge in [0.05, 0.1) is 5.02 Å². The molecule has 0 aliphatic heterocycles. The number of rotatable bonds is 3. The number of carboxylic acids is 1. The third-order valence-corrected chi connectivity index (χ3v) is 2.80.